The third kappa shape index (κ3) is 1.97. The summed E-state index contributed by atoms with van der Waals surface area (Å²) in [5, 5.41) is 1.06. The van der Waals surface area contributed by atoms with Crippen LogP contribution in [0.15, 0.2) is 6.33 Å². The molecule has 0 aromatic carbocycles. The minimum Gasteiger partial charge on any atom is -0.347 e. The molecule has 2 heterocycles. The van der Waals surface area contributed by atoms with E-state index in [1.165, 1.54) is 18.0 Å². The van der Waals surface area contributed by atoms with E-state index < -0.39 is 0 Å². The molecule has 4 nitrogen and oxygen atoms in total. The van der Waals surface area contributed by atoms with Gasteiger partial charge in [0.25, 0.3) is 0 Å². The highest BCUT2D eigenvalue weighted by molar-refractivity contribution is 7.09. The Kier molecular flexibility index (Phi) is 2.75. The molecule has 13 heavy (non-hydrogen) atoms. The summed E-state index contributed by atoms with van der Waals surface area (Å²) in [7, 11) is 0. The highest BCUT2D eigenvalue weighted by atomic mass is 32.1. The van der Waals surface area contributed by atoms with Crippen molar-refractivity contribution in [2.45, 2.75) is 12.8 Å². The molecule has 2 rings (SSSR count). The Morgan fingerprint density at radius 1 is 1.69 bits per heavy atom. The molecule has 72 valence electrons. The smallest absolute Gasteiger partial charge is 0.204 e. The van der Waals surface area contributed by atoms with E-state index in [-0.39, 0.29) is 0 Å². The van der Waals surface area contributed by atoms with Crippen LogP contribution in [0.5, 0.6) is 0 Å². The first kappa shape index (κ1) is 8.90. The Bertz CT molecular complexity index is 249. The van der Waals surface area contributed by atoms with Crippen LogP contribution in [0, 0.1) is 5.92 Å². The predicted octanol–water partition coefficient (Wildman–Crippen LogP) is 0.713. The molecule has 2 N–H and O–H groups in total. The maximum atomic E-state index is 5.53. The summed E-state index contributed by atoms with van der Waals surface area (Å²) in [4.78, 5) is 6.50. The summed E-state index contributed by atoms with van der Waals surface area (Å²) in [6.45, 7) is 3.01. The Morgan fingerprint density at radius 2 is 2.62 bits per heavy atom. The van der Waals surface area contributed by atoms with Gasteiger partial charge in [0.1, 0.15) is 6.33 Å². The lowest BCUT2D eigenvalue weighted by Crippen LogP contribution is -2.20. The first-order valence-corrected chi connectivity index (χ1v) is 5.39. The average molecular weight is 198 g/mol. The van der Waals surface area contributed by atoms with Crippen LogP contribution in [0.25, 0.3) is 0 Å². The molecule has 0 saturated carbocycles. The molecule has 1 aromatic rings. The third-order valence-corrected chi connectivity index (χ3v) is 3.21. The first-order chi connectivity index (χ1) is 6.40. The zero-order valence-corrected chi connectivity index (χ0v) is 8.33. The Hall–Kier alpha value is -0.680. The molecule has 1 aliphatic rings. The van der Waals surface area contributed by atoms with Crippen molar-refractivity contribution in [1.82, 2.24) is 9.36 Å². The number of anilines is 1. The van der Waals surface area contributed by atoms with Crippen LogP contribution in [0.3, 0.4) is 0 Å². The summed E-state index contributed by atoms with van der Waals surface area (Å²) in [5.41, 5.74) is 5.53. The van der Waals surface area contributed by atoms with E-state index in [0.29, 0.717) is 0 Å². The molecule has 5 heteroatoms. The van der Waals surface area contributed by atoms with Gasteiger partial charge in [0.05, 0.1) is 0 Å². The maximum absolute atomic E-state index is 5.53. The Balaban J connectivity index is 1.91. The van der Waals surface area contributed by atoms with Crippen LogP contribution in [0.1, 0.15) is 12.8 Å². The van der Waals surface area contributed by atoms with Gasteiger partial charge >= 0.3 is 0 Å². The van der Waals surface area contributed by atoms with Gasteiger partial charge in [0, 0.05) is 24.6 Å². The minimum atomic E-state index is 0.758. The van der Waals surface area contributed by atoms with Crippen LogP contribution in [0.4, 0.5) is 5.13 Å². The molecule has 0 bridgehead atoms. The fourth-order valence-electron chi connectivity index (χ4n) is 1.78. The van der Waals surface area contributed by atoms with Crippen molar-refractivity contribution in [3.8, 4) is 0 Å². The van der Waals surface area contributed by atoms with E-state index in [0.717, 1.165) is 37.1 Å². The average Bonchev–Trinajstić information content (AvgIpc) is 2.70. The van der Waals surface area contributed by atoms with Crippen molar-refractivity contribution in [3.05, 3.63) is 6.33 Å². The minimum absolute atomic E-state index is 0.758. The van der Waals surface area contributed by atoms with Crippen molar-refractivity contribution in [3.63, 3.8) is 0 Å². The van der Waals surface area contributed by atoms with Gasteiger partial charge in [0.2, 0.25) is 5.13 Å². The van der Waals surface area contributed by atoms with E-state index in [9.17, 15) is 0 Å². The standard InChI is InChI=1S/C8H14N4S/c9-3-1-7-2-4-12(5-7)8-10-6-11-13-8/h6-7H,1-5,9H2. The molecule has 0 spiro atoms. The van der Waals surface area contributed by atoms with Crippen molar-refractivity contribution in [1.29, 1.82) is 0 Å². The summed E-state index contributed by atoms with van der Waals surface area (Å²) in [6, 6.07) is 0. The van der Waals surface area contributed by atoms with E-state index in [2.05, 4.69) is 14.3 Å². The van der Waals surface area contributed by atoms with Gasteiger partial charge in [-0.05, 0) is 25.3 Å². The molecular weight excluding hydrogens is 184 g/mol. The lowest BCUT2D eigenvalue weighted by Gasteiger charge is -2.13. The summed E-state index contributed by atoms with van der Waals surface area (Å²) >= 11 is 1.47. The molecule has 1 atom stereocenters. The lowest BCUT2D eigenvalue weighted by atomic mass is 10.1. The second-order valence-corrected chi connectivity index (χ2v) is 4.16. The van der Waals surface area contributed by atoms with Crippen molar-refractivity contribution < 1.29 is 0 Å². The van der Waals surface area contributed by atoms with Crippen LogP contribution in [-0.2, 0) is 0 Å². The zero-order chi connectivity index (χ0) is 9.10. The van der Waals surface area contributed by atoms with Gasteiger partial charge in [-0.1, -0.05) is 0 Å². The maximum Gasteiger partial charge on any atom is 0.204 e. The summed E-state index contributed by atoms with van der Waals surface area (Å²) in [5.74, 6) is 0.758. The third-order valence-electron chi connectivity index (χ3n) is 2.48. The molecule has 1 saturated heterocycles. The Labute approximate surface area is 81.9 Å². The van der Waals surface area contributed by atoms with Gasteiger partial charge in [-0.25, -0.2) is 4.98 Å². The van der Waals surface area contributed by atoms with Gasteiger partial charge in [-0.15, -0.1) is 0 Å². The monoisotopic (exact) mass is 198 g/mol. The van der Waals surface area contributed by atoms with Crippen molar-refractivity contribution >= 4 is 16.7 Å². The van der Waals surface area contributed by atoms with Gasteiger partial charge in [-0.2, -0.15) is 4.37 Å². The van der Waals surface area contributed by atoms with Gasteiger partial charge in [-0.3, -0.25) is 0 Å². The van der Waals surface area contributed by atoms with Crippen LogP contribution in [0.2, 0.25) is 0 Å². The second kappa shape index (κ2) is 4.02. The van der Waals surface area contributed by atoms with E-state index >= 15 is 0 Å². The van der Waals surface area contributed by atoms with Crippen LogP contribution >= 0.6 is 11.5 Å². The fourth-order valence-corrected chi connectivity index (χ4v) is 2.35. The SMILES string of the molecule is NCCC1CCN(c2ncns2)C1. The molecule has 1 unspecified atom stereocenters. The van der Waals surface area contributed by atoms with Gasteiger partial charge < -0.3 is 10.6 Å². The number of hydrogen-bond acceptors (Lipinski definition) is 5. The number of rotatable bonds is 3. The summed E-state index contributed by atoms with van der Waals surface area (Å²) in [6.07, 6.45) is 4.00. The molecule has 1 aliphatic heterocycles. The quantitative estimate of drug-likeness (QED) is 0.777. The fraction of sp³-hybridized carbons (Fsp3) is 0.750. The lowest BCUT2D eigenvalue weighted by molar-refractivity contribution is 0.546. The predicted molar refractivity (Wildman–Crippen MR) is 53.9 cm³/mol. The van der Waals surface area contributed by atoms with Crippen LogP contribution in [-0.4, -0.2) is 29.0 Å². The second-order valence-electron chi connectivity index (χ2n) is 3.40. The molecular formula is C8H14N4S. The Morgan fingerprint density at radius 3 is 3.31 bits per heavy atom. The molecule has 0 aliphatic carbocycles. The summed E-state index contributed by atoms with van der Waals surface area (Å²) < 4.78 is 4.00. The largest absolute Gasteiger partial charge is 0.347 e. The highest BCUT2D eigenvalue weighted by Gasteiger charge is 2.23. The van der Waals surface area contributed by atoms with E-state index in [1.807, 2.05) is 0 Å². The number of aromatic nitrogens is 2. The topological polar surface area (TPSA) is 55.0 Å². The highest BCUT2D eigenvalue weighted by Crippen LogP contribution is 2.25. The van der Waals surface area contributed by atoms with E-state index in [1.54, 1.807) is 6.33 Å². The number of nitrogens with zero attached hydrogens (tertiary/aromatic N) is 3. The van der Waals surface area contributed by atoms with Gasteiger partial charge in [0.15, 0.2) is 0 Å². The van der Waals surface area contributed by atoms with Crippen molar-refractivity contribution in [2.75, 3.05) is 24.5 Å². The normalized spacial score (nSPS) is 22.5. The molecule has 1 aromatic heterocycles. The van der Waals surface area contributed by atoms with Crippen LogP contribution < -0.4 is 10.6 Å². The number of hydrogen-bond donors (Lipinski definition) is 1. The number of nitrogens with two attached hydrogens (primary N) is 1. The van der Waals surface area contributed by atoms with Crippen molar-refractivity contribution in [2.24, 2.45) is 11.7 Å². The van der Waals surface area contributed by atoms with E-state index in [4.69, 9.17) is 5.73 Å². The molecule has 1 fully saturated rings. The zero-order valence-electron chi connectivity index (χ0n) is 7.52. The first-order valence-electron chi connectivity index (χ1n) is 4.62. The molecule has 0 amide bonds. The molecule has 0 radical (unpaired) electrons.